The van der Waals surface area contributed by atoms with Gasteiger partial charge in [-0.1, -0.05) is 37.7 Å². The molecule has 2 heteroatoms. The number of halogens is 2. The van der Waals surface area contributed by atoms with Gasteiger partial charge in [-0.25, -0.2) is 4.39 Å². The zero-order chi connectivity index (χ0) is 15.1. The Hall–Kier alpha value is -1.07. The second kappa shape index (κ2) is 8.39. The van der Waals surface area contributed by atoms with Gasteiger partial charge in [0.1, 0.15) is 5.82 Å². The van der Waals surface area contributed by atoms with Crippen LogP contribution in [-0.2, 0) is 0 Å². The Morgan fingerprint density at radius 3 is 2.71 bits per heavy atom. The number of benzene rings is 1. The molecule has 0 aromatic heterocycles. The highest BCUT2D eigenvalue weighted by Gasteiger charge is 2.18. The van der Waals surface area contributed by atoms with Crippen molar-refractivity contribution in [1.29, 1.82) is 0 Å². The van der Waals surface area contributed by atoms with Crippen molar-refractivity contribution in [2.75, 3.05) is 0 Å². The molecule has 2 rings (SSSR count). The minimum atomic E-state index is -0.264. The van der Waals surface area contributed by atoms with Crippen LogP contribution in [0.2, 0.25) is 0 Å². The third-order valence-electron chi connectivity index (χ3n) is 4.18. The fourth-order valence-electron chi connectivity index (χ4n) is 2.96. The molecule has 0 N–H and O–H groups in total. The van der Waals surface area contributed by atoms with Crippen molar-refractivity contribution in [2.24, 2.45) is 11.8 Å². The zero-order valence-electron chi connectivity index (χ0n) is 12.5. The van der Waals surface area contributed by atoms with Gasteiger partial charge >= 0.3 is 0 Å². The van der Waals surface area contributed by atoms with E-state index >= 15 is 0 Å². The third kappa shape index (κ3) is 5.32. The van der Waals surface area contributed by atoms with Crippen LogP contribution in [0.3, 0.4) is 0 Å². The molecular formula is C19H22BrF. The summed E-state index contributed by atoms with van der Waals surface area (Å²) in [4.78, 5) is 0. The lowest BCUT2D eigenvalue weighted by Crippen LogP contribution is -2.12. The quantitative estimate of drug-likeness (QED) is 0.578. The summed E-state index contributed by atoms with van der Waals surface area (Å²) in [6, 6.07) is 4.98. The zero-order valence-corrected chi connectivity index (χ0v) is 14.1. The molecule has 0 bridgehead atoms. The molecule has 0 atom stereocenters. The van der Waals surface area contributed by atoms with Gasteiger partial charge in [-0.05, 0) is 77.7 Å². The number of hydrogen-bond donors (Lipinski definition) is 0. The van der Waals surface area contributed by atoms with Crippen LogP contribution in [-0.4, -0.2) is 0 Å². The van der Waals surface area contributed by atoms with Crippen molar-refractivity contribution < 1.29 is 4.39 Å². The average molecular weight is 349 g/mol. The standard InChI is InChI=1S/C19H22BrF/c1-2-5-15-8-10-16(11-9-15)6-3-4-7-17-12-13-18(20)19(21)14-17/h3,6,12-16H,2,5,8-11H2,1H3. The van der Waals surface area contributed by atoms with Gasteiger partial charge in [0.05, 0.1) is 4.47 Å². The molecule has 0 saturated heterocycles. The molecule has 0 aliphatic heterocycles. The highest BCUT2D eigenvalue weighted by Crippen LogP contribution is 2.32. The number of hydrogen-bond acceptors (Lipinski definition) is 0. The van der Waals surface area contributed by atoms with Gasteiger partial charge in [0.15, 0.2) is 0 Å². The summed E-state index contributed by atoms with van der Waals surface area (Å²) in [5, 5.41) is 0. The first-order chi connectivity index (χ1) is 10.2. The van der Waals surface area contributed by atoms with Crippen LogP contribution in [0.25, 0.3) is 0 Å². The molecule has 1 aliphatic rings. The summed E-state index contributed by atoms with van der Waals surface area (Å²) in [6.45, 7) is 2.27. The van der Waals surface area contributed by atoms with E-state index in [1.807, 2.05) is 12.1 Å². The fraction of sp³-hybridized carbons (Fsp3) is 0.474. The minimum absolute atomic E-state index is 0.264. The van der Waals surface area contributed by atoms with Crippen LogP contribution < -0.4 is 0 Å². The molecule has 1 fully saturated rings. The summed E-state index contributed by atoms with van der Waals surface area (Å²) in [5.74, 6) is 7.36. The van der Waals surface area contributed by atoms with Gasteiger partial charge in [0.2, 0.25) is 0 Å². The molecule has 1 aromatic rings. The minimum Gasteiger partial charge on any atom is -0.206 e. The van der Waals surface area contributed by atoms with Gasteiger partial charge in [0, 0.05) is 5.56 Å². The van der Waals surface area contributed by atoms with Gasteiger partial charge in [-0.3, -0.25) is 0 Å². The summed E-state index contributed by atoms with van der Waals surface area (Å²) < 4.78 is 13.8. The van der Waals surface area contributed by atoms with Crippen molar-refractivity contribution in [1.82, 2.24) is 0 Å². The molecule has 0 amide bonds. The topological polar surface area (TPSA) is 0 Å². The Labute approximate surface area is 136 Å². The molecule has 21 heavy (non-hydrogen) atoms. The lowest BCUT2D eigenvalue weighted by Gasteiger charge is -2.26. The predicted molar refractivity (Wildman–Crippen MR) is 90.5 cm³/mol. The van der Waals surface area contributed by atoms with Crippen LogP contribution in [0.1, 0.15) is 51.0 Å². The van der Waals surface area contributed by atoms with Crippen molar-refractivity contribution in [2.45, 2.75) is 45.4 Å². The lowest BCUT2D eigenvalue weighted by atomic mass is 9.80. The van der Waals surface area contributed by atoms with Crippen molar-refractivity contribution in [3.63, 3.8) is 0 Å². The normalized spacial score (nSPS) is 22.0. The van der Waals surface area contributed by atoms with E-state index in [0.29, 0.717) is 16.0 Å². The summed E-state index contributed by atoms with van der Waals surface area (Å²) in [7, 11) is 0. The Morgan fingerprint density at radius 2 is 2.05 bits per heavy atom. The van der Waals surface area contributed by atoms with Gasteiger partial charge in [0.25, 0.3) is 0 Å². The second-order valence-electron chi connectivity index (χ2n) is 5.83. The molecule has 0 spiro atoms. The highest BCUT2D eigenvalue weighted by atomic mass is 79.9. The van der Waals surface area contributed by atoms with Gasteiger partial charge in [-0.2, -0.15) is 0 Å². The highest BCUT2D eigenvalue weighted by molar-refractivity contribution is 9.10. The summed E-state index contributed by atoms with van der Waals surface area (Å²) in [5.41, 5.74) is 0.715. The monoisotopic (exact) mass is 348 g/mol. The third-order valence-corrected chi connectivity index (χ3v) is 4.82. The lowest BCUT2D eigenvalue weighted by molar-refractivity contribution is 0.294. The largest absolute Gasteiger partial charge is 0.206 e. The average Bonchev–Trinajstić information content (AvgIpc) is 2.49. The van der Waals surface area contributed by atoms with E-state index in [4.69, 9.17) is 0 Å². The van der Waals surface area contributed by atoms with Crippen LogP contribution in [0.5, 0.6) is 0 Å². The molecular weight excluding hydrogens is 327 g/mol. The van der Waals surface area contributed by atoms with Crippen LogP contribution in [0.15, 0.2) is 34.8 Å². The molecule has 1 aromatic carbocycles. The Kier molecular flexibility index (Phi) is 6.51. The van der Waals surface area contributed by atoms with Crippen LogP contribution in [0.4, 0.5) is 4.39 Å². The SMILES string of the molecule is CCCC1CCC(C=CC#Cc2ccc(Br)c(F)c2)CC1. The maximum Gasteiger partial charge on any atom is 0.138 e. The molecule has 0 heterocycles. The fourth-order valence-corrected chi connectivity index (χ4v) is 3.21. The van der Waals surface area contributed by atoms with E-state index < -0.39 is 0 Å². The van der Waals surface area contributed by atoms with E-state index in [2.05, 4.69) is 40.8 Å². The maximum absolute atomic E-state index is 13.3. The molecule has 0 nitrogen and oxygen atoms in total. The van der Waals surface area contributed by atoms with Crippen molar-refractivity contribution >= 4 is 15.9 Å². The van der Waals surface area contributed by atoms with Crippen LogP contribution >= 0.6 is 15.9 Å². The van der Waals surface area contributed by atoms with E-state index in [1.54, 1.807) is 6.07 Å². The summed E-state index contributed by atoms with van der Waals surface area (Å²) >= 11 is 3.14. The number of rotatable bonds is 3. The van der Waals surface area contributed by atoms with Crippen LogP contribution in [0, 0.1) is 29.5 Å². The first-order valence-corrected chi connectivity index (χ1v) is 8.61. The van der Waals surface area contributed by atoms with Crippen molar-refractivity contribution in [3.8, 4) is 11.8 Å². The molecule has 1 aliphatic carbocycles. The predicted octanol–water partition coefficient (Wildman–Crippen LogP) is 6.10. The van der Waals surface area contributed by atoms with Gasteiger partial charge in [-0.15, -0.1) is 0 Å². The van der Waals surface area contributed by atoms with Gasteiger partial charge < -0.3 is 0 Å². The van der Waals surface area contributed by atoms with Crippen molar-refractivity contribution in [3.05, 3.63) is 46.2 Å². The first-order valence-electron chi connectivity index (χ1n) is 7.82. The van der Waals surface area contributed by atoms with E-state index in [9.17, 15) is 4.39 Å². The smallest absolute Gasteiger partial charge is 0.138 e. The maximum atomic E-state index is 13.3. The molecule has 1 saturated carbocycles. The Bertz CT molecular complexity index is 542. The Morgan fingerprint density at radius 1 is 1.29 bits per heavy atom. The molecule has 0 unspecified atom stereocenters. The second-order valence-corrected chi connectivity index (χ2v) is 6.68. The van der Waals surface area contributed by atoms with E-state index in [1.165, 1.54) is 44.6 Å². The summed E-state index contributed by atoms with van der Waals surface area (Å²) in [6.07, 6.45) is 12.1. The number of allylic oxidation sites excluding steroid dienone is 2. The van der Waals surface area contributed by atoms with E-state index in [-0.39, 0.29) is 5.82 Å². The molecule has 112 valence electrons. The van der Waals surface area contributed by atoms with E-state index in [0.717, 1.165) is 5.92 Å². The first kappa shape index (κ1) is 16.3. The Balaban J connectivity index is 1.83. The molecule has 0 radical (unpaired) electrons.